The van der Waals surface area contributed by atoms with E-state index in [9.17, 15) is 4.79 Å². The number of amides is 1. The molecular formula is C23H35ClN2O3. The first-order chi connectivity index (χ1) is 13.7. The van der Waals surface area contributed by atoms with E-state index in [1.165, 1.54) is 0 Å². The number of rotatable bonds is 8. The van der Waals surface area contributed by atoms with Gasteiger partial charge in [-0.1, -0.05) is 25.4 Å². The van der Waals surface area contributed by atoms with Gasteiger partial charge in [-0.05, 0) is 76.5 Å². The van der Waals surface area contributed by atoms with E-state index in [1.54, 1.807) is 25.3 Å². The van der Waals surface area contributed by atoms with Gasteiger partial charge in [-0.3, -0.25) is 4.79 Å². The summed E-state index contributed by atoms with van der Waals surface area (Å²) in [4.78, 5) is 17.4. The molecule has 0 unspecified atom stereocenters. The van der Waals surface area contributed by atoms with Crippen LogP contribution in [0.15, 0.2) is 18.2 Å². The van der Waals surface area contributed by atoms with Crippen LogP contribution in [0.5, 0.6) is 11.5 Å². The number of nitrogens with zero attached hydrogens (tertiary/aromatic N) is 2. The molecule has 1 aliphatic heterocycles. The number of methoxy groups -OCH3 is 1. The third-order valence-electron chi connectivity index (χ3n) is 5.00. The lowest BCUT2D eigenvalue weighted by atomic mass is 10.0. The summed E-state index contributed by atoms with van der Waals surface area (Å²) in [6.45, 7) is 11.0. The van der Waals surface area contributed by atoms with Crippen LogP contribution >= 0.6 is 11.6 Å². The van der Waals surface area contributed by atoms with Crippen LogP contribution in [0.3, 0.4) is 0 Å². The highest BCUT2D eigenvalue weighted by atomic mass is 35.5. The van der Waals surface area contributed by atoms with E-state index in [0.717, 1.165) is 38.0 Å². The summed E-state index contributed by atoms with van der Waals surface area (Å²) in [6.07, 6.45) is 5.48. The first-order valence-corrected chi connectivity index (χ1v) is 10.8. The summed E-state index contributed by atoms with van der Waals surface area (Å²) in [5.41, 5.74) is 0.809. The summed E-state index contributed by atoms with van der Waals surface area (Å²) >= 11 is 6.40. The van der Waals surface area contributed by atoms with Gasteiger partial charge >= 0.3 is 0 Å². The first kappa shape index (κ1) is 23.6. The second kappa shape index (κ2) is 10.9. The maximum absolute atomic E-state index is 13.0. The molecule has 29 heavy (non-hydrogen) atoms. The number of likely N-dealkylation sites (tertiary alicyclic amines) is 1. The lowest BCUT2D eigenvalue weighted by Gasteiger charge is -2.37. The number of carbonyl (C=O) groups excluding carboxylic acids is 1. The van der Waals surface area contributed by atoms with Crippen molar-refractivity contribution in [3.8, 4) is 11.5 Å². The largest absolute Gasteiger partial charge is 0.493 e. The number of benzene rings is 1. The molecule has 0 spiro atoms. The normalized spacial score (nSPS) is 16.0. The number of piperidine rings is 1. The van der Waals surface area contributed by atoms with Gasteiger partial charge in [0.1, 0.15) is 0 Å². The average Bonchev–Trinajstić information content (AvgIpc) is 2.66. The van der Waals surface area contributed by atoms with Crippen LogP contribution in [0.1, 0.15) is 46.1 Å². The van der Waals surface area contributed by atoms with Gasteiger partial charge in [0.05, 0.1) is 18.2 Å². The Bertz CT molecular complexity index is 710. The van der Waals surface area contributed by atoms with Gasteiger partial charge in [0.2, 0.25) is 5.91 Å². The Balaban J connectivity index is 2.19. The number of carbonyl (C=O) groups is 1. The van der Waals surface area contributed by atoms with Crippen LogP contribution in [-0.4, -0.2) is 61.6 Å². The highest BCUT2D eigenvalue weighted by Gasteiger charge is 2.26. The molecule has 1 fully saturated rings. The maximum Gasteiger partial charge on any atom is 0.246 e. The van der Waals surface area contributed by atoms with E-state index in [0.29, 0.717) is 28.5 Å². The first-order valence-electron chi connectivity index (χ1n) is 10.4. The van der Waals surface area contributed by atoms with Gasteiger partial charge in [-0.2, -0.15) is 0 Å². The molecule has 0 N–H and O–H groups in total. The fourth-order valence-electron chi connectivity index (χ4n) is 3.57. The van der Waals surface area contributed by atoms with Crippen LogP contribution in [0.2, 0.25) is 5.02 Å². The molecule has 162 valence electrons. The van der Waals surface area contributed by atoms with Crippen LogP contribution in [-0.2, 0) is 4.79 Å². The summed E-state index contributed by atoms with van der Waals surface area (Å²) in [5, 5.41) is 0.472. The molecule has 1 aliphatic rings. The van der Waals surface area contributed by atoms with Crippen molar-refractivity contribution in [2.75, 3.05) is 33.8 Å². The Labute approximate surface area is 180 Å². The van der Waals surface area contributed by atoms with Crippen molar-refractivity contribution in [2.24, 2.45) is 5.92 Å². The van der Waals surface area contributed by atoms with Gasteiger partial charge in [0, 0.05) is 18.7 Å². The smallest absolute Gasteiger partial charge is 0.246 e. The van der Waals surface area contributed by atoms with E-state index >= 15 is 0 Å². The summed E-state index contributed by atoms with van der Waals surface area (Å²) < 4.78 is 11.2. The molecule has 0 saturated carbocycles. The zero-order valence-corrected chi connectivity index (χ0v) is 19.3. The minimum atomic E-state index is -0.0106. The molecule has 6 heteroatoms. The Morgan fingerprint density at radius 1 is 1.28 bits per heavy atom. The van der Waals surface area contributed by atoms with Gasteiger partial charge < -0.3 is 19.3 Å². The van der Waals surface area contributed by atoms with Crippen LogP contribution in [0.4, 0.5) is 0 Å². The molecule has 5 nitrogen and oxygen atoms in total. The molecule has 0 aromatic heterocycles. The Morgan fingerprint density at radius 3 is 2.48 bits per heavy atom. The van der Waals surface area contributed by atoms with E-state index in [-0.39, 0.29) is 12.0 Å². The second-order valence-corrected chi connectivity index (χ2v) is 8.86. The van der Waals surface area contributed by atoms with Gasteiger partial charge in [-0.15, -0.1) is 0 Å². The Hall–Kier alpha value is -1.72. The predicted octanol–water partition coefficient (Wildman–Crippen LogP) is 4.73. The summed E-state index contributed by atoms with van der Waals surface area (Å²) in [5.74, 6) is 1.56. The van der Waals surface area contributed by atoms with Gasteiger partial charge in [-0.25, -0.2) is 0 Å². The molecular weight excluding hydrogens is 388 g/mol. The monoisotopic (exact) mass is 422 g/mol. The Morgan fingerprint density at radius 2 is 1.93 bits per heavy atom. The van der Waals surface area contributed by atoms with Crippen molar-refractivity contribution < 1.29 is 14.3 Å². The molecule has 0 radical (unpaired) electrons. The van der Waals surface area contributed by atoms with Crippen molar-refractivity contribution in [1.82, 2.24) is 9.80 Å². The standard InChI is InChI=1S/C23H35ClN2O3/c1-16(2)15-26(19-9-11-25(5)12-10-19)22(27)8-7-18-13-20(24)23(29-17(3)4)21(14-18)28-6/h7-8,13-14,16-17,19H,9-12,15H2,1-6H3/b8-7+. The van der Waals surface area contributed by atoms with Crippen LogP contribution in [0, 0.1) is 5.92 Å². The molecule has 1 aromatic rings. The highest BCUT2D eigenvalue weighted by molar-refractivity contribution is 6.32. The fourth-order valence-corrected chi connectivity index (χ4v) is 3.83. The molecule has 1 amide bonds. The topological polar surface area (TPSA) is 42.0 Å². The minimum Gasteiger partial charge on any atom is -0.493 e. The number of halogens is 1. The average molecular weight is 423 g/mol. The van der Waals surface area contributed by atoms with E-state index in [4.69, 9.17) is 21.1 Å². The lowest BCUT2D eigenvalue weighted by molar-refractivity contribution is -0.129. The molecule has 0 aliphatic carbocycles. The highest BCUT2D eigenvalue weighted by Crippen LogP contribution is 2.37. The summed E-state index contributed by atoms with van der Waals surface area (Å²) in [6, 6.07) is 3.94. The molecule has 1 heterocycles. The number of hydrogen-bond acceptors (Lipinski definition) is 4. The van der Waals surface area contributed by atoms with Crippen molar-refractivity contribution in [3.05, 3.63) is 28.8 Å². The number of hydrogen-bond donors (Lipinski definition) is 0. The maximum atomic E-state index is 13.0. The van der Waals surface area contributed by atoms with E-state index < -0.39 is 0 Å². The van der Waals surface area contributed by atoms with Gasteiger partial charge in [0.15, 0.2) is 11.5 Å². The molecule has 1 aromatic carbocycles. The third-order valence-corrected chi connectivity index (χ3v) is 5.28. The summed E-state index contributed by atoms with van der Waals surface area (Å²) in [7, 11) is 3.72. The fraction of sp³-hybridized carbons (Fsp3) is 0.609. The SMILES string of the molecule is COc1cc(/C=C/C(=O)N(CC(C)C)C2CCN(C)CC2)cc(Cl)c1OC(C)C. The van der Waals surface area contributed by atoms with E-state index in [1.807, 2.05) is 24.8 Å². The molecule has 1 saturated heterocycles. The zero-order chi connectivity index (χ0) is 21.6. The van der Waals surface area contributed by atoms with Crippen LogP contribution < -0.4 is 9.47 Å². The Kier molecular flexibility index (Phi) is 8.84. The van der Waals surface area contributed by atoms with Crippen molar-refractivity contribution in [2.45, 2.75) is 52.7 Å². The quantitative estimate of drug-likeness (QED) is 0.568. The van der Waals surface area contributed by atoms with Crippen LogP contribution in [0.25, 0.3) is 6.08 Å². The van der Waals surface area contributed by atoms with E-state index in [2.05, 4.69) is 25.8 Å². The van der Waals surface area contributed by atoms with Crippen molar-refractivity contribution >= 4 is 23.6 Å². The predicted molar refractivity (Wildman–Crippen MR) is 120 cm³/mol. The lowest BCUT2D eigenvalue weighted by Crippen LogP contribution is -2.47. The molecule has 2 rings (SSSR count). The second-order valence-electron chi connectivity index (χ2n) is 8.45. The van der Waals surface area contributed by atoms with Crippen molar-refractivity contribution in [1.29, 1.82) is 0 Å². The number of ether oxygens (including phenoxy) is 2. The third kappa shape index (κ3) is 6.93. The minimum absolute atomic E-state index is 0.0106. The van der Waals surface area contributed by atoms with Crippen molar-refractivity contribution in [3.63, 3.8) is 0 Å². The zero-order valence-electron chi connectivity index (χ0n) is 18.6. The molecule has 0 bridgehead atoms. The van der Waals surface area contributed by atoms with Gasteiger partial charge in [0.25, 0.3) is 0 Å². The molecule has 0 atom stereocenters.